The van der Waals surface area contributed by atoms with Gasteiger partial charge in [-0.15, -0.1) is 10.2 Å². The summed E-state index contributed by atoms with van der Waals surface area (Å²) in [5.74, 6) is 0.869. The number of hydrogen-bond acceptors (Lipinski definition) is 5. The lowest BCUT2D eigenvalue weighted by Gasteiger charge is -2.09. The fourth-order valence-corrected chi connectivity index (χ4v) is 2.94. The van der Waals surface area contributed by atoms with Gasteiger partial charge in [-0.1, -0.05) is 49.1 Å². The van der Waals surface area contributed by atoms with Crippen molar-refractivity contribution in [2.45, 2.75) is 30.6 Å². The second-order valence-electron chi connectivity index (χ2n) is 4.77. The largest absolute Gasteiger partial charge is 0.370 e. The van der Waals surface area contributed by atoms with E-state index >= 15 is 0 Å². The normalized spacial score (nSPS) is 11.9. The summed E-state index contributed by atoms with van der Waals surface area (Å²) in [6, 6.07) is 8.18. The van der Waals surface area contributed by atoms with Gasteiger partial charge in [-0.3, -0.25) is 0 Å². The van der Waals surface area contributed by atoms with Gasteiger partial charge in [0.15, 0.2) is 10.3 Å². The van der Waals surface area contributed by atoms with Crippen molar-refractivity contribution in [3.05, 3.63) is 34.8 Å². The molecule has 112 valence electrons. The van der Waals surface area contributed by atoms with Gasteiger partial charge in [0, 0.05) is 5.69 Å². The molecule has 3 N–H and O–H groups in total. The van der Waals surface area contributed by atoms with Gasteiger partial charge in [0.2, 0.25) is 0 Å². The fraction of sp³-hybridized carbons (Fsp3) is 0.357. The molecular weight excluding hydrogens is 302 g/mol. The van der Waals surface area contributed by atoms with E-state index in [2.05, 4.69) is 46.5 Å². The topological polar surface area (TPSA) is 76.2 Å². The minimum absolute atomic E-state index is 0.386. The molecule has 0 saturated heterocycles. The van der Waals surface area contributed by atoms with E-state index in [0.717, 1.165) is 15.0 Å². The number of thioether (sulfide) groups is 1. The molecule has 21 heavy (non-hydrogen) atoms. The Bertz CT molecular complexity index is 621. The molecule has 0 saturated carbocycles. The van der Waals surface area contributed by atoms with Crippen molar-refractivity contribution >= 4 is 34.7 Å². The Hall–Kier alpha value is -1.60. The van der Waals surface area contributed by atoms with Gasteiger partial charge >= 0.3 is 0 Å². The fourth-order valence-electron chi connectivity index (χ4n) is 1.70. The Morgan fingerprint density at radius 1 is 1.43 bits per heavy atom. The number of hydrogen-bond donors (Lipinski definition) is 2. The maximum Gasteiger partial charge on any atom is 0.193 e. The highest BCUT2D eigenvalue weighted by Crippen LogP contribution is 2.20. The molecule has 0 aliphatic rings. The van der Waals surface area contributed by atoms with Crippen LogP contribution in [0.25, 0.3) is 0 Å². The van der Waals surface area contributed by atoms with E-state index in [9.17, 15) is 0 Å². The summed E-state index contributed by atoms with van der Waals surface area (Å²) >= 11 is 3.12. The molecule has 0 aliphatic heterocycles. The zero-order chi connectivity index (χ0) is 15.2. The van der Waals surface area contributed by atoms with Crippen molar-refractivity contribution in [3.8, 4) is 0 Å². The lowest BCUT2D eigenvalue weighted by atomic mass is 10.0. The number of guanidine groups is 1. The molecule has 0 aliphatic carbocycles. The summed E-state index contributed by atoms with van der Waals surface area (Å²) in [7, 11) is 0. The quantitative estimate of drug-likeness (QED) is 0.502. The Labute approximate surface area is 133 Å². The molecule has 0 radical (unpaired) electrons. The van der Waals surface area contributed by atoms with Crippen molar-refractivity contribution in [2.24, 2.45) is 10.7 Å². The number of nitrogens with one attached hydrogen (secondary N) is 1. The summed E-state index contributed by atoms with van der Waals surface area (Å²) in [5.41, 5.74) is 8.12. The number of nitrogens with two attached hydrogens (primary N) is 1. The SMILES string of the molecule is CSc1nnc(CN=C(N)Nc2cccc(C(C)C)c2)s1. The smallest absolute Gasteiger partial charge is 0.193 e. The molecule has 0 atom stereocenters. The van der Waals surface area contributed by atoms with Crippen LogP contribution in [0.15, 0.2) is 33.6 Å². The van der Waals surface area contributed by atoms with Gasteiger partial charge in [0.1, 0.15) is 5.01 Å². The zero-order valence-corrected chi connectivity index (χ0v) is 14.0. The van der Waals surface area contributed by atoms with E-state index in [0.29, 0.717) is 18.4 Å². The van der Waals surface area contributed by atoms with Gasteiger partial charge in [-0.05, 0) is 29.9 Å². The molecule has 0 bridgehead atoms. The van der Waals surface area contributed by atoms with Crippen molar-refractivity contribution in [1.29, 1.82) is 0 Å². The van der Waals surface area contributed by atoms with Crippen LogP contribution < -0.4 is 11.1 Å². The maximum atomic E-state index is 5.91. The number of nitrogens with zero attached hydrogens (tertiary/aromatic N) is 3. The lowest BCUT2D eigenvalue weighted by Crippen LogP contribution is -2.22. The van der Waals surface area contributed by atoms with Crippen LogP contribution in [0.4, 0.5) is 5.69 Å². The van der Waals surface area contributed by atoms with Crippen LogP contribution >= 0.6 is 23.1 Å². The molecule has 2 aromatic rings. The van der Waals surface area contributed by atoms with E-state index in [1.807, 2.05) is 18.4 Å². The first-order valence-corrected chi connectivity index (χ1v) is 8.66. The summed E-state index contributed by atoms with van der Waals surface area (Å²) in [5, 5.41) is 12.1. The van der Waals surface area contributed by atoms with Gasteiger partial charge in [0.25, 0.3) is 0 Å². The van der Waals surface area contributed by atoms with E-state index in [1.54, 1.807) is 11.8 Å². The van der Waals surface area contributed by atoms with Crippen LogP contribution in [-0.4, -0.2) is 22.4 Å². The molecule has 7 heteroatoms. The Morgan fingerprint density at radius 2 is 2.24 bits per heavy atom. The lowest BCUT2D eigenvalue weighted by molar-refractivity contribution is 0.867. The van der Waals surface area contributed by atoms with Gasteiger partial charge in [0.05, 0.1) is 6.54 Å². The molecule has 1 aromatic heterocycles. The highest BCUT2D eigenvalue weighted by atomic mass is 32.2. The van der Waals surface area contributed by atoms with E-state index in [1.165, 1.54) is 16.9 Å². The maximum absolute atomic E-state index is 5.91. The second-order valence-corrected chi connectivity index (χ2v) is 6.89. The average Bonchev–Trinajstić information content (AvgIpc) is 2.93. The monoisotopic (exact) mass is 321 g/mol. The Balaban J connectivity index is 1.98. The van der Waals surface area contributed by atoms with Crippen molar-refractivity contribution in [2.75, 3.05) is 11.6 Å². The summed E-state index contributed by atoms with van der Waals surface area (Å²) in [6.45, 7) is 4.77. The van der Waals surface area contributed by atoms with Crippen LogP contribution in [0.3, 0.4) is 0 Å². The molecule has 0 amide bonds. The third-order valence-electron chi connectivity index (χ3n) is 2.83. The molecule has 0 unspecified atom stereocenters. The van der Waals surface area contributed by atoms with Gasteiger partial charge in [-0.25, -0.2) is 4.99 Å². The highest BCUT2D eigenvalue weighted by molar-refractivity contribution is 8.00. The number of anilines is 1. The first kappa shape index (κ1) is 15.8. The van der Waals surface area contributed by atoms with Crippen molar-refractivity contribution < 1.29 is 0 Å². The van der Waals surface area contributed by atoms with Crippen molar-refractivity contribution in [1.82, 2.24) is 10.2 Å². The molecule has 5 nitrogen and oxygen atoms in total. The first-order valence-electron chi connectivity index (χ1n) is 6.61. The standard InChI is InChI=1S/C14H19N5S2/c1-9(2)10-5-4-6-11(7-10)17-13(15)16-8-12-18-19-14(20-3)21-12/h4-7,9H,8H2,1-3H3,(H3,15,16,17). The summed E-state index contributed by atoms with van der Waals surface area (Å²) in [6.07, 6.45) is 1.98. The van der Waals surface area contributed by atoms with Crippen LogP contribution in [0.2, 0.25) is 0 Å². The third kappa shape index (κ3) is 4.71. The van der Waals surface area contributed by atoms with E-state index in [-0.39, 0.29) is 0 Å². The third-order valence-corrected chi connectivity index (χ3v) is 4.72. The predicted octanol–water partition coefficient (Wildman–Crippen LogP) is 3.31. The molecule has 0 fully saturated rings. The zero-order valence-electron chi connectivity index (χ0n) is 12.3. The van der Waals surface area contributed by atoms with Crippen LogP contribution in [0.1, 0.15) is 30.3 Å². The second kappa shape index (κ2) is 7.42. The number of benzene rings is 1. The first-order chi connectivity index (χ1) is 10.1. The Morgan fingerprint density at radius 3 is 2.90 bits per heavy atom. The van der Waals surface area contributed by atoms with Crippen LogP contribution in [0.5, 0.6) is 0 Å². The Kier molecular flexibility index (Phi) is 5.58. The molecule has 1 heterocycles. The molecule has 1 aromatic carbocycles. The van der Waals surface area contributed by atoms with E-state index < -0.39 is 0 Å². The highest BCUT2D eigenvalue weighted by Gasteiger charge is 2.03. The average molecular weight is 321 g/mol. The number of aromatic nitrogens is 2. The number of rotatable bonds is 5. The van der Waals surface area contributed by atoms with Crippen LogP contribution in [-0.2, 0) is 6.54 Å². The van der Waals surface area contributed by atoms with Gasteiger partial charge in [-0.2, -0.15) is 0 Å². The predicted molar refractivity (Wildman–Crippen MR) is 91.2 cm³/mol. The minimum Gasteiger partial charge on any atom is -0.370 e. The molecule has 0 spiro atoms. The summed E-state index contributed by atoms with van der Waals surface area (Å²) < 4.78 is 0.941. The molecule has 2 rings (SSSR count). The van der Waals surface area contributed by atoms with Crippen molar-refractivity contribution in [3.63, 3.8) is 0 Å². The van der Waals surface area contributed by atoms with Crippen LogP contribution in [0, 0.1) is 0 Å². The minimum atomic E-state index is 0.386. The molecular formula is C14H19N5S2. The summed E-state index contributed by atoms with van der Waals surface area (Å²) in [4.78, 5) is 4.29. The number of aliphatic imine (C=N–C) groups is 1. The van der Waals surface area contributed by atoms with Gasteiger partial charge < -0.3 is 11.1 Å². The van der Waals surface area contributed by atoms with E-state index in [4.69, 9.17) is 5.73 Å².